The van der Waals surface area contributed by atoms with Gasteiger partial charge in [-0.1, -0.05) is 84.0 Å². The summed E-state index contributed by atoms with van der Waals surface area (Å²) in [6.45, 7) is 1.94. The Morgan fingerprint density at radius 2 is 1.23 bits per heavy atom. The predicted molar refractivity (Wildman–Crippen MR) is 156 cm³/mol. The van der Waals surface area contributed by atoms with Crippen molar-refractivity contribution in [2.75, 3.05) is 47.1 Å². The molecular formula is C29H57NO9P+. The maximum atomic E-state index is 12.4. The minimum absolute atomic E-state index is 0.0748. The molecule has 0 aromatic rings. The number of quaternary nitrogens is 1. The number of rotatable bonds is 27. The molecule has 0 aliphatic carbocycles. The minimum Gasteiger partial charge on any atom is -0.481 e. The van der Waals surface area contributed by atoms with Crippen LogP contribution in [0.1, 0.15) is 116 Å². The molecule has 0 aliphatic rings. The summed E-state index contributed by atoms with van der Waals surface area (Å²) in [6.07, 6.45) is 14.6. The van der Waals surface area contributed by atoms with Gasteiger partial charge in [0.05, 0.1) is 40.5 Å². The lowest BCUT2D eigenvalue weighted by Crippen LogP contribution is -2.37. The van der Waals surface area contributed by atoms with Crippen LogP contribution in [-0.2, 0) is 32.9 Å². The summed E-state index contributed by atoms with van der Waals surface area (Å²) in [5.74, 6) is -2.12. The standard InChI is InChI=1S/C29H56NO9P/c1-5-6-7-8-9-10-11-12-13-14-15-16-17-20-28(33)37-24-26(39-29(34)21-18-19-27(31)32)25-38-40(35,36)23-22-30(2,3)4/h26H,5-25H2,1-4H3,(H-,31,32,35,36)/p+1. The second kappa shape index (κ2) is 23.1. The van der Waals surface area contributed by atoms with Gasteiger partial charge in [-0.3, -0.25) is 18.9 Å². The summed E-state index contributed by atoms with van der Waals surface area (Å²) < 4.78 is 28.6. The van der Waals surface area contributed by atoms with E-state index in [9.17, 15) is 23.8 Å². The van der Waals surface area contributed by atoms with Crippen molar-refractivity contribution in [2.24, 2.45) is 0 Å². The van der Waals surface area contributed by atoms with Crippen molar-refractivity contribution in [1.29, 1.82) is 0 Å². The summed E-state index contributed by atoms with van der Waals surface area (Å²) in [4.78, 5) is 45.2. The molecule has 236 valence electrons. The topological polar surface area (TPSA) is 136 Å². The molecule has 0 aromatic heterocycles. The van der Waals surface area contributed by atoms with Gasteiger partial charge in [0.25, 0.3) is 0 Å². The third kappa shape index (κ3) is 26.7. The summed E-state index contributed by atoms with van der Waals surface area (Å²) in [5, 5.41) is 8.74. The van der Waals surface area contributed by atoms with E-state index in [0.29, 0.717) is 17.4 Å². The summed E-state index contributed by atoms with van der Waals surface area (Å²) in [5.41, 5.74) is 0. The molecule has 11 heteroatoms. The largest absolute Gasteiger partial charge is 0.481 e. The average Bonchev–Trinajstić information content (AvgIpc) is 2.86. The molecule has 0 amide bonds. The monoisotopic (exact) mass is 594 g/mol. The zero-order valence-electron chi connectivity index (χ0n) is 25.6. The van der Waals surface area contributed by atoms with Crippen LogP contribution < -0.4 is 0 Å². The average molecular weight is 595 g/mol. The van der Waals surface area contributed by atoms with Crippen molar-refractivity contribution >= 4 is 25.5 Å². The molecule has 0 aromatic carbocycles. The first-order chi connectivity index (χ1) is 18.8. The maximum absolute atomic E-state index is 12.4. The zero-order chi connectivity index (χ0) is 30.3. The lowest BCUT2D eigenvalue weighted by atomic mass is 10.0. The number of carbonyl (C=O) groups excluding carboxylic acids is 2. The first kappa shape index (κ1) is 38.5. The highest BCUT2D eigenvalue weighted by Crippen LogP contribution is 2.42. The molecule has 0 saturated heterocycles. The first-order valence-electron chi connectivity index (χ1n) is 15.2. The van der Waals surface area contributed by atoms with E-state index in [1.54, 1.807) is 0 Å². The van der Waals surface area contributed by atoms with Crippen LogP contribution in [0.4, 0.5) is 0 Å². The van der Waals surface area contributed by atoms with Gasteiger partial charge in [-0.25, -0.2) is 0 Å². The highest BCUT2D eigenvalue weighted by molar-refractivity contribution is 7.52. The van der Waals surface area contributed by atoms with E-state index in [1.807, 2.05) is 21.1 Å². The fraction of sp³-hybridized carbons (Fsp3) is 0.897. The molecule has 10 nitrogen and oxygen atoms in total. The summed E-state index contributed by atoms with van der Waals surface area (Å²) >= 11 is 0. The van der Waals surface area contributed by atoms with E-state index >= 15 is 0 Å². The molecule has 40 heavy (non-hydrogen) atoms. The van der Waals surface area contributed by atoms with Gasteiger partial charge in [0.2, 0.25) is 0 Å². The Labute approximate surface area is 242 Å². The second-order valence-corrected chi connectivity index (χ2v) is 13.7. The smallest absolute Gasteiger partial charge is 0.333 e. The number of unbranched alkanes of at least 4 members (excludes halogenated alkanes) is 12. The van der Waals surface area contributed by atoms with Crippen molar-refractivity contribution in [3.05, 3.63) is 0 Å². The van der Waals surface area contributed by atoms with E-state index in [2.05, 4.69) is 6.92 Å². The van der Waals surface area contributed by atoms with Crippen molar-refractivity contribution in [2.45, 2.75) is 122 Å². The van der Waals surface area contributed by atoms with Crippen molar-refractivity contribution in [3.63, 3.8) is 0 Å². The van der Waals surface area contributed by atoms with Gasteiger partial charge in [0.15, 0.2) is 6.10 Å². The third-order valence-electron chi connectivity index (χ3n) is 6.50. The van der Waals surface area contributed by atoms with Crippen molar-refractivity contribution in [3.8, 4) is 0 Å². The highest BCUT2D eigenvalue weighted by Gasteiger charge is 2.27. The number of nitrogens with zero attached hydrogens (tertiary/aromatic N) is 1. The number of carboxylic acids is 1. The second-order valence-electron chi connectivity index (χ2n) is 11.7. The molecule has 0 saturated carbocycles. The minimum atomic E-state index is -3.94. The van der Waals surface area contributed by atoms with Gasteiger partial charge >= 0.3 is 25.5 Å². The molecule has 0 rings (SSSR count). The van der Waals surface area contributed by atoms with Crippen molar-refractivity contribution < 1.29 is 47.4 Å². The number of esters is 2. The van der Waals surface area contributed by atoms with Crippen LogP contribution in [0.15, 0.2) is 0 Å². The van der Waals surface area contributed by atoms with Gasteiger partial charge in [-0.15, -0.1) is 0 Å². The molecular weight excluding hydrogens is 537 g/mol. The Balaban J connectivity index is 4.31. The number of ether oxygens (including phenoxy) is 2. The molecule has 0 heterocycles. The molecule has 0 bridgehead atoms. The third-order valence-corrected chi connectivity index (χ3v) is 7.82. The SMILES string of the molecule is CCCCCCCCCCCCCCCC(=O)OCC(COP(=O)(O)CC[N+](C)(C)C)OC(=O)CCCC(=O)O. The fourth-order valence-corrected chi connectivity index (χ4v) is 5.36. The molecule has 0 spiro atoms. The molecule has 2 atom stereocenters. The lowest BCUT2D eigenvalue weighted by Gasteiger charge is -2.25. The number of carbonyl (C=O) groups is 3. The van der Waals surface area contributed by atoms with Crippen LogP contribution in [0.3, 0.4) is 0 Å². The van der Waals surface area contributed by atoms with Gasteiger partial charge in [0, 0.05) is 19.3 Å². The number of aliphatic carboxylic acids is 1. The van der Waals surface area contributed by atoms with Crippen molar-refractivity contribution in [1.82, 2.24) is 0 Å². The normalized spacial score (nSPS) is 13.9. The van der Waals surface area contributed by atoms with Crippen LogP contribution >= 0.6 is 7.60 Å². The quantitative estimate of drug-likeness (QED) is 0.0501. The number of hydrogen-bond donors (Lipinski definition) is 2. The van der Waals surface area contributed by atoms with Crippen LogP contribution in [0.2, 0.25) is 0 Å². The van der Waals surface area contributed by atoms with Crippen LogP contribution in [-0.4, -0.2) is 85.6 Å². The van der Waals surface area contributed by atoms with Crippen LogP contribution in [0, 0.1) is 0 Å². The molecule has 0 radical (unpaired) electrons. The van der Waals surface area contributed by atoms with Crippen LogP contribution in [0.5, 0.6) is 0 Å². The Morgan fingerprint density at radius 1 is 0.725 bits per heavy atom. The van der Waals surface area contributed by atoms with E-state index in [1.165, 1.54) is 57.8 Å². The van der Waals surface area contributed by atoms with Gasteiger partial charge < -0.3 is 28.5 Å². The Morgan fingerprint density at radius 3 is 1.73 bits per heavy atom. The molecule has 2 N–H and O–H groups in total. The van der Waals surface area contributed by atoms with Gasteiger partial charge in [0.1, 0.15) is 6.61 Å². The number of hydrogen-bond acceptors (Lipinski definition) is 7. The Hall–Kier alpha value is -1.48. The van der Waals surface area contributed by atoms with Crippen LogP contribution in [0.25, 0.3) is 0 Å². The van der Waals surface area contributed by atoms with Gasteiger partial charge in [-0.2, -0.15) is 0 Å². The van der Waals surface area contributed by atoms with Gasteiger partial charge in [-0.05, 0) is 12.8 Å². The molecule has 0 aliphatic heterocycles. The highest BCUT2D eigenvalue weighted by atomic mass is 31.2. The van der Waals surface area contributed by atoms with E-state index in [4.69, 9.17) is 19.1 Å². The van der Waals surface area contributed by atoms with E-state index in [0.717, 1.165) is 19.3 Å². The first-order valence-corrected chi connectivity index (χ1v) is 16.9. The molecule has 2 unspecified atom stereocenters. The summed E-state index contributed by atoms with van der Waals surface area (Å²) in [6, 6.07) is 0. The number of carboxylic acid groups (broad SMARTS) is 1. The molecule has 0 fully saturated rings. The summed E-state index contributed by atoms with van der Waals surface area (Å²) in [7, 11) is 1.73. The Bertz CT molecular complexity index is 740. The Kier molecular flexibility index (Phi) is 22.3. The zero-order valence-corrected chi connectivity index (χ0v) is 26.5. The fourth-order valence-electron chi connectivity index (χ4n) is 3.98. The van der Waals surface area contributed by atoms with E-state index in [-0.39, 0.29) is 38.5 Å². The predicted octanol–water partition coefficient (Wildman–Crippen LogP) is 6.09. The lowest BCUT2D eigenvalue weighted by molar-refractivity contribution is -0.867. The maximum Gasteiger partial charge on any atom is 0.333 e. The van der Waals surface area contributed by atoms with E-state index < -0.39 is 38.2 Å².